The zero-order chi connectivity index (χ0) is 34.1. The SMILES string of the molecule is O=C(CCNC1=CC(=O)c2nc(-c3cc(F)ccc3F)oc2C1=O)NCCCNC1=CC(=O)c2nc(-c3cc(F)ccc3F)oc2C1=O. The van der Waals surface area contributed by atoms with Crippen LogP contribution in [0.25, 0.3) is 22.9 Å². The predicted molar refractivity (Wildman–Crippen MR) is 155 cm³/mol. The summed E-state index contributed by atoms with van der Waals surface area (Å²) >= 11 is 0. The van der Waals surface area contributed by atoms with Crippen molar-refractivity contribution in [2.45, 2.75) is 12.8 Å². The highest BCUT2D eigenvalue weighted by atomic mass is 19.1. The van der Waals surface area contributed by atoms with Crippen LogP contribution in [0, 0.1) is 23.3 Å². The van der Waals surface area contributed by atoms with Gasteiger partial charge in [-0.3, -0.25) is 24.0 Å². The van der Waals surface area contributed by atoms with Crippen LogP contribution in [-0.2, 0) is 4.79 Å². The van der Waals surface area contributed by atoms with E-state index in [1.165, 1.54) is 0 Å². The Labute approximate surface area is 266 Å². The topological polar surface area (TPSA) is 174 Å². The molecule has 2 heterocycles. The Bertz CT molecular complexity index is 2100. The molecule has 6 rings (SSSR count). The minimum Gasteiger partial charge on any atom is -0.432 e. The maximum atomic E-state index is 14.1. The minimum atomic E-state index is -0.862. The van der Waals surface area contributed by atoms with Gasteiger partial charge >= 0.3 is 0 Å². The number of amides is 1. The molecule has 12 nitrogen and oxygen atoms in total. The van der Waals surface area contributed by atoms with Crippen molar-refractivity contribution < 1.29 is 50.4 Å². The van der Waals surface area contributed by atoms with Gasteiger partial charge in [0.1, 0.15) is 23.3 Å². The number of benzene rings is 2. The van der Waals surface area contributed by atoms with Gasteiger partial charge in [0.05, 0.1) is 22.5 Å². The number of oxazole rings is 2. The monoisotopic (exact) mass is 663 g/mol. The van der Waals surface area contributed by atoms with Gasteiger partial charge in [0.25, 0.3) is 0 Å². The van der Waals surface area contributed by atoms with E-state index in [4.69, 9.17) is 8.83 Å². The van der Waals surface area contributed by atoms with Crippen LogP contribution in [0.15, 0.2) is 68.8 Å². The van der Waals surface area contributed by atoms with Gasteiger partial charge in [0, 0.05) is 38.2 Å². The first kappa shape index (κ1) is 31.8. The van der Waals surface area contributed by atoms with Crippen molar-refractivity contribution >= 4 is 29.0 Å². The number of hydrogen-bond acceptors (Lipinski definition) is 11. The lowest BCUT2D eigenvalue weighted by molar-refractivity contribution is -0.120. The molecule has 0 saturated carbocycles. The standard InChI is InChI=1S/C32H21F4N5O7/c33-14-2-4-18(35)16(10-14)31-40-25-22(42)12-20(27(45)29(25)47-31)37-7-1-8-39-24(44)6-9-38-21-13-23(43)26-30(28(21)46)48-32(41-26)17-11-15(34)3-5-19(17)36/h2-5,10-13,37-38H,1,6-9H2,(H,39,44). The van der Waals surface area contributed by atoms with Crippen molar-refractivity contribution in [3.8, 4) is 22.9 Å². The van der Waals surface area contributed by atoms with Crippen molar-refractivity contribution in [2.75, 3.05) is 19.6 Å². The van der Waals surface area contributed by atoms with Crippen LogP contribution in [-0.4, -0.2) is 58.6 Å². The van der Waals surface area contributed by atoms with E-state index < -0.39 is 75.6 Å². The lowest BCUT2D eigenvalue weighted by atomic mass is 10.0. The fourth-order valence-corrected chi connectivity index (χ4v) is 4.81. The molecule has 48 heavy (non-hydrogen) atoms. The first-order valence-corrected chi connectivity index (χ1v) is 14.3. The first-order chi connectivity index (χ1) is 23.0. The lowest BCUT2D eigenvalue weighted by Crippen LogP contribution is -2.32. The molecule has 0 fully saturated rings. The van der Waals surface area contributed by atoms with Gasteiger partial charge < -0.3 is 24.8 Å². The maximum Gasteiger partial charge on any atom is 0.246 e. The van der Waals surface area contributed by atoms with Gasteiger partial charge in [-0.15, -0.1) is 0 Å². The van der Waals surface area contributed by atoms with Crippen molar-refractivity contribution in [3.63, 3.8) is 0 Å². The third-order valence-electron chi connectivity index (χ3n) is 7.15. The van der Waals surface area contributed by atoms with Crippen molar-refractivity contribution in [2.24, 2.45) is 0 Å². The van der Waals surface area contributed by atoms with E-state index in [0.29, 0.717) is 6.42 Å². The number of ketones is 4. The lowest BCUT2D eigenvalue weighted by Gasteiger charge is -2.13. The van der Waals surface area contributed by atoms with Gasteiger partial charge in [-0.1, -0.05) is 0 Å². The maximum absolute atomic E-state index is 14.1. The van der Waals surface area contributed by atoms with Gasteiger partial charge in [-0.25, -0.2) is 27.5 Å². The number of fused-ring (bicyclic) bond motifs is 2. The fraction of sp³-hybridized carbons (Fsp3) is 0.156. The van der Waals surface area contributed by atoms with Crippen molar-refractivity contribution in [1.82, 2.24) is 25.9 Å². The van der Waals surface area contributed by atoms with Crippen LogP contribution in [0.5, 0.6) is 0 Å². The normalized spacial score (nSPS) is 13.9. The Morgan fingerprint density at radius 3 is 1.65 bits per heavy atom. The molecule has 4 aromatic rings. The van der Waals surface area contributed by atoms with E-state index in [1.54, 1.807) is 0 Å². The molecule has 3 N–H and O–H groups in total. The third-order valence-corrected chi connectivity index (χ3v) is 7.15. The smallest absolute Gasteiger partial charge is 0.246 e. The first-order valence-electron chi connectivity index (χ1n) is 14.3. The molecular weight excluding hydrogens is 642 g/mol. The van der Waals surface area contributed by atoms with E-state index in [0.717, 1.165) is 48.6 Å². The Kier molecular flexibility index (Phi) is 8.54. The van der Waals surface area contributed by atoms with Gasteiger partial charge in [0.15, 0.2) is 11.4 Å². The number of carbonyl (C=O) groups excluding carboxylic acids is 5. The number of halogens is 4. The summed E-state index contributed by atoms with van der Waals surface area (Å²) in [5, 5.41) is 8.11. The quantitative estimate of drug-likeness (QED) is 0.157. The number of nitrogens with zero attached hydrogens (tertiary/aromatic N) is 2. The fourth-order valence-electron chi connectivity index (χ4n) is 4.81. The second-order valence-electron chi connectivity index (χ2n) is 10.5. The number of nitrogens with one attached hydrogen (secondary N) is 3. The molecule has 1 amide bonds. The number of hydrogen-bond donors (Lipinski definition) is 3. The highest BCUT2D eigenvalue weighted by molar-refractivity contribution is 6.23. The summed E-state index contributed by atoms with van der Waals surface area (Å²) in [5.74, 6) is -8.23. The van der Waals surface area contributed by atoms with Crippen LogP contribution < -0.4 is 16.0 Å². The van der Waals surface area contributed by atoms with Crippen LogP contribution in [0.1, 0.15) is 54.9 Å². The number of rotatable bonds is 11. The molecule has 0 bridgehead atoms. The average molecular weight is 664 g/mol. The second-order valence-corrected chi connectivity index (χ2v) is 10.5. The van der Waals surface area contributed by atoms with Crippen LogP contribution >= 0.6 is 0 Å². The summed E-state index contributed by atoms with van der Waals surface area (Å²) in [7, 11) is 0. The largest absolute Gasteiger partial charge is 0.432 e. The molecule has 0 atom stereocenters. The van der Waals surface area contributed by atoms with E-state index in [-0.39, 0.29) is 60.0 Å². The van der Waals surface area contributed by atoms with Crippen LogP contribution in [0.3, 0.4) is 0 Å². The second kappa shape index (κ2) is 12.9. The number of aromatic nitrogens is 2. The van der Waals surface area contributed by atoms with Crippen molar-refractivity contribution in [1.29, 1.82) is 0 Å². The third kappa shape index (κ3) is 6.27. The van der Waals surface area contributed by atoms with Gasteiger partial charge in [0.2, 0.25) is 52.3 Å². The Morgan fingerprint density at radius 1 is 0.667 bits per heavy atom. The van der Waals surface area contributed by atoms with Crippen LogP contribution in [0.4, 0.5) is 17.6 Å². The molecule has 0 unspecified atom stereocenters. The minimum absolute atomic E-state index is 0.0473. The summed E-state index contributed by atoms with van der Waals surface area (Å²) < 4.78 is 66.1. The summed E-state index contributed by atoms with van der Waals surface area (Å²) in [5.41, 5.74) is -1.66. The van der Waals surface area contributed by atoms with Crippen LogP contribution in [0.2, 0.25) is 0 Å². The summed E-state index contributed by atoms with van der Waals surface area (Å²) in [4.78, 5) is 70.7. The molecule has 0 saturated heterocycles. The van der Waals surface area contributed by atoms with E-state index in [2.05, 4.69) is 25.9 Å². The predicted octanol–water partition coefficient (Wildman–Crippen LogP) is 3.85. The molecule has 2 aromatic carbocycles. The molecule has 2 aliphatic carbocycles. The zero-order valence-corrected chi connectivity index (χ0v) is 24.4. The molecule has 2 aromatic heterocycles. The average Bonchev–Trinajstić information content (AvgIpc) is 3.71. The summed E-state index contributed by atoms with van der Waals surface area (Å²) in [6.45, 7) is 0.274. The number of Topliss-reactive ketones (excluding diaryl/α,β-unsaturated/α-hetero) is 2. The highest BCUT2D eigenvalue weighted by Crippen LogP contribution is 2.30. The molecule has 16 heteroatoms. The Morgan fingerprint density at radius 2 is 1.15 bits per heavy atom. The molecule has 244 valence electrons. The van der Waals surface area contributed by atoms with E-state index in [1.807, 2.05) is 0 Å². The van der Waals surface area contributed by atoms with E-state index >= 15 is 0 Å². The zero-order valence-electron chi connectivity index (χ0n) is 24.4. The highest BCUT2D eigenvalue weighted by Gasteiger charge is 2.34. The number of carbonyl (C=O) groups is 5. The molecule has 2 aliphatic rings. The molecule has 0 radical (unpaired) electrons. The summed E-state index contributed by atoms with van der Waals surface area (Å²) in [6.07, 6.45) is 2.20. The molecule has 0 aliphatic heterocycles. The van der Waals surface area contributed by atoms with E-state index in [9.17, 15) is 41.5 Å². The Balaban J connectivity index is 0.950. The summed E-state index contributed by atoms with van der Waals surface area (Å²) in [6, 6.07) is 5.15. The number of allylic oxidation sites excluding steroid dienone is 4. The van der Waals surface area contributed by atoms with Gasteiger partial charge in [-0.2, -0.15) is 0 Å². The molecular formula is C32H21F4N5O7. The molecule has 0 spiro atoms. The Hall–Kier alpha value is -6.19. The van der Waals surface area contributed by atoms with Crippen molar-refractivity contribution in [3.05, 3.63) is 106 Å². The van der Waals surface area contributed by atoms with Gasteiger partial charge in [-0.05, 0) is 42.8 Å².